The number of amidine groups is 1. The topological polar surface area (TPSA) is 50.7 Å². The van der Waals surface area contributed by atoms with Crippen LogP contribution in [0.4, 0.5) is 0 Å². The van der Waals surface area contributed by atoms with Crippen LogP contribution in [-0.4, -0.2) is 12.1 Å². The molecule has 0 bridgehead atoms. The van der Waals surface area contributed by atoms with Gasteiger partial charge in [-0.3, -0.25) is 0 Å². The van der Waals surface area contributed by atoms with E-state index in [1.807, 2.05) is 0 Å². The zero-order chi connectivity index (χ0) is 4.41. The predicted molar refractivity (Wildman–Crippen MR) is 23.7 cm³/mol. The summed E-state index contributed by atoms with van der Waals surface area (Å²) in [5, 5.41) is 6.82. The van der Waals surface area contributed by atoms with E-state index in [9.17, 15) is 0 Å². The van der Waals surface area contributed by atoms with Gasteiger partial charge in [0, 0.05) is 20.4 Å². The van der Waals surface area contributed by atoms with Crippen molar-refractivity contribution in [2.45, 2.75) is 6.42 Å². The maximum atomic E-state index is 5.13. The van der Waals surface area contributed by atoms with Crippen molar-refractivity contribution >= 4 is 12.1 Å². The fourth-order valence-corrected chi connectivity index (χ4v) is 0.251. The molecule has 0 aromatic carbocycles. The van der Waals surface area contributed by atoms with Gasteiger partial charge in [0.05, 0.1) is 5.84 Å². The Kier molecular flexibility index (Phi) is 2.81. The van der Waals surface area contributed by atoms with Crippen molar-refractivity contribution in [3.05, 3.63) is 0 Å². The fraction of sp³-hybridized carbons (Fsp3) is 0.333. The van der Waals surface area contributed by atoms with Crippen molar-refractivity contribution < 1.29 is 20.4 Å². The largest absolute Gasteiger partial charge is 0.388 e. The van der Waals surface area contributed by atoms with Crippen molar-refractivity contribution in [2.75, 3.05) is 0 Å². The van der Waals surface area contributed by atoms with E-state index in [1.54, 1.807) is 0 Å². The van der Waals surface area contributed by atoms with E-state index < -0.39 is 0 Å². The van der Waals surface area contributed by atoms with Crippen LogP contribution in [0, 0.1) is 0 Å². The number of hydrogen-bond acceptors (Lipinski definition) is 3. The second-order valence-corrected chi connectivity index (χ2v) is 1.03. The van der Waals surface area contributed by atoms with E-state index in [0.29, 0.717) is 12.3 Å². The third-order valence-electron chi connectivity index (χ3n) is 0.509. The van der Waals surface area contributed by atoms with E-state index in [-0.39, 0.29) is 20.4 Å². The van der Waals surface area contributed by atoms with E-state index in [1.165, 1.54) is 0 Å². The minimum atomic E-state index is 0. The molecule has 1 heterocycles. The Morgan fingerprint density at radius 3 is 2.57 bits per heavy atom. The summed E-state index contributed by atoms with van der Waals surface area (Å²) in [5.41, 5.74) is 5.13. The van der Waals surface area contributed by atoms with Crippen LogP contribution < -0.4 is 5.73 Å². The SMILES string of the molecule is NC1=NN=[C-]C1.[Re]. The van der Waals surface area contributed by atoms with Crippen molar-refractivity contribution in [1.82, 2.24) is 0 Å². The first-order chi connectivity index (χ1) is 2.89. The Morgan fingerprint density at radius 1 is 1.71 bits per heavy atom. The molecule has 1 radical (unpaired) electrons. The molecule has 0 atom stereocenters. The van der Waals surface area contributed by atoms with Crippen molar-refractivity contribution in [1.29, 1.82) is 0 Å². The molecule has 0 amide bonds. The minimum absolute atomic E-state index is 0. The van der Waals surface area contributed by atoms with Crippen molar-refractivity contribution in [3.8, 4) is 0 Å². The van der Waals surface area contributed by atoms with Gasteiger partial charge in [-0.1, -0.05) is 0 Å². The normalized spacial score (nSPS) is 15.7. The number of hydrogen-bond donors (Lipinski definition) is 1. The first kappa shape index (κ1) is 6.80. The molecule has 0 saturated heterocycles. The molecule has 0 spiro atoms. The van der Waals surface area contributed by atoms with E-state index >= 15 is 0 Å². The summed E-state index contributed by atoms with van der Waals surface area (Å²) in [6.45, 7) is 0. The third kappa shape index (κ3) is 1.81. The van der Waals surface area contributed by atoms with Gasteiger partial charge < -0.3 is 17.0 Å². The summed E-state index contributed by atoms with van der Waals surface area (Å²) in [5.74, 6) is 0.551. The number of rotatable bonds is 0. The Bertz CT molecular complexity index is 107. The summed E-state index contributed by atoms with van der Waals surface area (Å²) in [4.78, 5) is 0. The summed E-state index contributed by atoms with van der Waals surface area (Å²) in [6, 6.07) is 0. The van der Waals surface area contributed by atoms with Gasteiger partial charge in [0.15, 0.2) is 0 Å². The van der Waals surface area contributed by atoms with E-state index in [4.69, 9.17) is 5.73 Å². The minimum Gasteiger partial charge on any atom is -0.388 e. The van der Waals surface area contributed by atoms with Gasteiger partial charge in [0.1, 0.15) is 0 Å². The van der Waals surface area contributed by atoms with E-state index in [0.717, 1.165) is 0 Å². The second kappa shape index (κ2) is 2.89. The predicted octanol–water partition coefficient (Wildman–Crippen LogP) is -0.392. The maximum absolute atomic E-state index is 5.13. The maximum Gasteiger partial charge on any atom is 0.0905 e. The molecule has 0 aliphatic carbocycles. The standard InChI is InChI=1S/C3H4N3.Re/c4-3-1-2-5-6-3;/h1H2,(H2,4,6);/q-1;. The van der Waals surface area contributed by atoms with Crippen LogP contribution in [-0.2, 0) is 20.4 Å². The van der Waals surface area contributed by atoms with Gasteiger partial charge in [0.2, 0.25) is 0 Å². The molecule has 0 aromatic rings. The molecular weight excluding hydrogens is 264 g/mol. The molecule has 3 nitrogen and oxygen atoms in total. The first-order valence-electron chi connectivity index (χ1n) is 1.64. The fourth-order valence-electron chi connectivity index (χ4n) is 0.251. The summed E-state index contributed by atoms with van der Waals surface area (Å²) < 4.78 is 0. The first-order valence-corrected chi connectivity index (χ1v) is 1.64. The molecule has 7 heavy (non-hydrogen) atoms. The van der Waals surface area contributed by atoms with Gasteiger partial charge in [-0.15, -0.1) is 6.42 Å². The van der Waals surface area contributed by atoms with Crippen LogP contribution in [0.2, 0.25) is 0 Å². The van der Waals surface area contributed by atoms with Gasteiger partial charge in [-0.25, -0.2) is 0 Å². The zero-order valence-corrected chi connectivity index (χ0v) is 6.27. The average Bonchev–Trinajstić information content (AvgIpc) is 1.86. The molecule has 0 aromatic heterocycles. The monoisotopic (exact) mass is 269 g/mol. The van der Waals surface area contributed by atoms with E-state index in [2.05, 4.69) is 16.4 Å². The van der Waals surface area contributed by atoms with Gasteiger partial charge >= 0.3 is 0 Å². The van der Waals surface area contributed by atoms with Gasteiger partial charge in [-0.05, 0) is 0 Å². The Labute approximate surface area is 55.3 Å². The molecule has 1 aliphatic rings. The molecule has 0 fully saturated rings. The molecule has 39 valence electrons. The Hall–Kier alpha value is -0.198. The summed E-state index contributed by atoms with van der Waals surface area (Å²) in [6.07, 6.45) is 3.17. The molecule has 0 unspecified atom stereocenters. The zero-order valence-electron chi connectivity index (χ0n) is 3.56. The van der Waals surface area contributed by atoms with Crippen molar-refractivity contribution in [3.63, 3.8) is 0 Å². The van der Waals surface area contributed by atoms with Gasteiger partial charge in [0.25, 0.3) is 0 Å². The molecule has 1 aliphatic heterocycles. The van der Waals surface area contributed by atoms with Crippen LogP contribution in [0.5, 0.6) is 0 Å². The Balaban J connectivity index is 0.000000360. The van der Waals surface area contributed by atoms with Crippen LogP contribution in [0.25, 0.3) is 0 Å². The quantitative estimate of drug-likeness (QED) is 0.598. The van der Waals surface area contributed by atoms with Crippen molar-refractivity contribution in [2.24, 2.45) is 15.9 Å². The average molecular weight is 268 g/mol. The summed E-state index contributed by atoms with van der Waals surface area (Å²) >= 11 is 0. The number of nitrogens with two attached hydrogens (primary N) is 1. The molecule has 2 N–H and O–H groups in total. The van der Waals surface area contributed by atoms with Crippen LogP contribution in [0.1, 0.15) is 6.42 Å². The molecule has 1 rings (SSSR count). The third-order valence-corrected chi connectivity index (χ3v) is 0.509. The van der Waals surface area contributed by atoms with Crippen LogP contribution in [0.3, 0.4) is 0 Å². The number of nitrogens with zero attached hydrogens (tertiary/aromatic N) is 2. The Morgan fingerprint density at radius 2 is 2.43 bits per heavy atom. The summed E-state index contributed by atoms with van der Waals surface area (Å²) in [7, 11) is 0. The second-order valence-electron chi connectivity index (χ2n) is 1.03. The van der Waals surface area contributed by atoms with Crippen LogP contribution in [0.15, 0.2) is 10.2 Å². The molecule has 4 heteroatoms. The molecular formula is C3H4N3Re-. The van der Waals surface area contributed by atoms with Crippen LogP contribution >= 0.6 is 0 Å². The van der Waals surface area contributed by atoms with Gasteiger partial charge in [-0.2, -0.15) is 5.10 Å². The molecule has 0 saturated carbocycles. The smallest absolute Gasteiger partial charge is 0.0905 e.